The molecule has 4 heteroatoms. The highest BCUT2D eigenvalue weighted by molar-refractivity contribution is 6.31. The van der Waals surface area contributed by atoms with Crippen LogP contribution in [-0.4, -0.2) is 16.1 Å². The number of fused-ring (bicyclic) bond motifs is 1. The third-order valence-electron chi connectivity index (χ3n) is 3.27. The van der Waals surface area contributed by atoms with E-state index >= 15 is 0 Å². The standard InChI is InChI=1S/C14H16ClNO2/c1-8(2)11(6-14(17)18)12-7-16-13-5-9(15)3-4-10(12)13/h3-5,7-8,11,16H,6H2,1-2H3,(H,17,18). The maximum absolute atomic E-state index is 11.0. The Hall–Kier alpha value is -1.48. The van der Waals surface area contributed by atoms with Crippen LogP contribution < -0.4 is 0 Å². The molecule has 0 saturated heterocycles. The molecule has 0 aliphatic heterocycles. The maximum Gasteiger partial charge on any atom is 0.303 e. The molecule has 0 aliphatic rings. The molecule has 0 aliphatic carbocycles. The molecular weight excluding hydrogens is 250 g/mol. The van der Waals surface area contributed by atoms with Crippen LogP contribution in [0, 0.1) is 5.92 Å². The van der Waals surface area contributed by atoms with Crippen LogP contribution in [0.15, 0.2) is 24.4 Å². The van der Waals surface area contributed by atoms with E-state index in [2.05, 4.69) is 4.98 Å². The van der Waals surface area contributed by atoms with E-state index in [0.29, 0.717) is 5.02 Å². The van der Waals surface area contributed by atoms with Crippen molar-refractivity contribution in [2.75, 3.05) is 0 Å². The number of aromatic nitrogens is 1. The monoisotopic (exact) mass is 265 g/mol. The van der Waals surface area contributed by atoms with Crippen LogP contribution in [-0.2, 0) is 4.79 Å². The lowest BCUT2D eigenvalue weighted by Gasteiger charge is -2.18. The number of hydrogen-bond donors (Lipinski definition) is 2. The first-order valence-corrected chi connectivity index (χ1v) is 6.35. The number of halogens is 1. The third-order valence-corrected chi connectivity index (χ3v) is 3.51. The zero-order chi connectivity index (χ0) is 13.3. The zero-order valence-corrected chi connectivity index (χ0v) is 11.2. The summed E-state index contributed by atoms with van der Waals surface area (Å²) in [5.41, 5.74) is 2.01. The Morgan fingerprint density at radius 2 is 2.17 bits per heavy atom. The predicted octanol–water partition coefficient (Wildman–Crippen LogP) is 4.04. The van der Waals surface area contributed by atoms with Crippen molar-refractivity contribution in [3.63, 3.8) is 0 Å². The molecule has 96 valence electrons. The Labute approximate surface area is 111 Å². The normalized spacial score (nSPS) is 13.1. The fraction of sp³-hybridized carbons (Fsp3) is 0.357. The summed E-state index contributed by atoms with van der Waals surface area (Å²) in [5.74, 6) is -0.481. The van der Waals surface area contributed by atoms with E-state index in [1.165, 1.54) is 0 Å². The van der Waals surface area contributed by atoms with E-state index in [-0.39, 0.29) is 18.3 Å². The van der Waals surface area contributed by atoms with Gasteiger partial charge in [-0.1, -0.05) is 31.5 Å². The van der Waals surface area contributed by atoms with Gasteiger partial charge in [0.1, 0.15) is 0 Å². The SMILES string of the molecule is CC(C)C(CC(=O)O)c1c[nH]c2cc(Cl)ccc12. The van der Waals surface area contributed by atoms with Crippen molar-refractivity contribution in [3.8, 4) is 0 Å². The van der Waals surface area contributed by atoms with E-state index in [1.54, 1.807) is 0 Å². The molecule has 0 amide bonds. The Kier molecular flexibility index (Phi) is 3.62. The number of carboxylic acid groups (broad SMARTS) is 1. The van der Waals surface area contributed by atoms with Gasteiger partial charge < -0.3 is 10.1 Å². The number of nitrogens with one attached hydrogen (secondary N) is 1. The molecule has 1 aromatic carbocycles. The van der Waals surface area contributed by atoms with Gasteiger partial charge in [0.2, 0.25) is 0 Å². The van der Waals surface area contributed by atoms with Crippen LogP contribution in [0.3, 0.4) is 0 Å². The summed E-state index contributed by atoms with van der Waals surface area (Å²) in [6, 6.07) is 5.64. The molecule has 1 atom stereocenters. The van der Waals surface area contributed by atoms with Gasteiger partial charge in [-0.25, -0.2) is 0 Å². The predicted molar refractivity (Wildman–Crippen MR) is 73.1 cm³/mol. The molecule has 1 heterocycles. The number of carboxylic acids is 1. The van der Waals surface area contributed by atoms with Gasteiger partial charge >= 0.3 is 5.97 Å². The lowest BCUT2D eigenvalue weighted by Crippen LogP contribution is -2.11. The quantitative estimate of drug-likeness (QED) is 0.877. The van der Waals surface area contributed by atoms with Gasteiger partial charge in [0.15, 0.2) is 0 Å². The number of benzene rings is 1. The summed E-state index contributed by atoms with van der Waals surface area (Å²) < 4.78 is 0. The van der Waals surface area contributed by atoms with Crippen molar-refractivity contribution >= 4 is 28.5 Å². The lowest BCUT2D eigenvalue weighted by atomic mass is 9.85. The molecule has 2 N–H and O–H groups in total. The number of rotatable bonds is 4. The largest absolute Gasteiger partial charge is 0.481 e. The smallest absolute Gasteiger partial charge is 0.303 e. The van der Waals surface area contributed by atoms with E-state index in [4.69, 9.17) is 16.7 Å². The average Bonchev–Trinajstić information content (AvgIpc) is 2.67. The molecule has 2 rings (SSSR count). The second-order valence-corrected chi connectivity index (χ2v) is 5.32. The molecule has 2 aromatic rings. The van der Waals surface area contributed by atoms with Crippen molar-refractivity contribution in [1.29, 1.82) is 0 Å². The molecule has 0 bridgehead atoms. The number of carbonyl (C=O) groups is 1. The number of aromatic amines is 1. The van der Waals surface area contributed by atoms with Gasteiger partial charge in [-0.3, -0.25) is 4.79 Å². The van der Waals surface area contributed by atoms with E-state index in [0.717, 1.165) is 16.5 Å². The summed E-state index contributed by atoms with van der Waals surface area (Å²) in [7, 11) is 0. The first kappa shape index (κ1) is 13.0. The minimum atomic E-state index is -0.767. The second-order valence-electron chi connectivity index (χ2n) is 4.88. The van der Waals surface area contributed by atoms with Crippen LogP contribution in [0.5, 0.6) is 0 Å². The van der Waals surface area contributed by atoms with E-state index in [1.807, 2.05) is 38.2 Å². The molecule has 1 aromatic heterocycles. The van der Waals surface area contributed by atoms with Gasteiger partial charge in [-0.05, 0) is 29.5 Å². The van der Waals surface area contributed by atoms with Gasteiger partial charge in [0, 0.05) is 22.1 Å². The fourth-order valence-electron chi connectivity index (χ4n) is 2.32. The van der Waals surface area contributed by atoms with Gasteiger partial charge in [-0.15, -0.1) is 0 Å². The van der Waals surface area contributed by atoms with Gasteiger partial charge in [-0.2, -0.15) is 0 Å². The highest BCUT2D eigenvalue weighted by Gasteiger charge is 2.22. The minimum absolute atomic E-state index is 0.0115. The number of H-pyrrole nitrogens is 1. The third kappa shape index (κ3) is 2.51. The van der Waals surface area contributed by atoms with Crippen LogP contribution in [0.25, 0.3) is 10.9 Å². The summed E-state index contributed by atoms with van der Waals surface area (Å²) >= 11 is 5.94. The van der Waals surface area contributed by atoms with Crippen LogP contribution in [0.2, 0.25) is 5.02 Å². The molecule has 1 unspecified atom stereocenters. The van der Waals surface area contributed by atoms with Crippen molar-refractivity contribution in [2.45, 2.75) is 26.2 Å². The van der Waals surface area contributed by atoms with Crippen molar-refractivity contribution in [1.82, 2.24) is 4.98 Å². The first-order valence-electron chi connectivity index (χ1n) is 5.97. The molecule has 0 fully saturated rings. The van der Waals surface area contributed by atoms with Gasteiger partial charge in [0.25, 0.3) is 0 Å². The Morgan fingerprint density at radius 1 is 1.44 bits per heavy atom. The van der Waals surface area contributed by atoms with Crippen molar-refractivity contribution in [2.24, 2.45) is 5.92 Å². The van der Waals surface area contributed by atoms with Crippen LogP contribution in [0.4, 0.5) is 0 Å². The first-order chi connectivity index (χ1) is 8.49. The average molecular weight is 266 g/mol. The Morgan fingerprint density at radius 3 is 2.78 bits per heavy atom. The Balaban J connectivity index is 2.47. The second kappa shape index (κ2) is 5.02. The Bertz CT molecular complexity index is 574. The molecular formula is C14H16ClNO2. The highest BCUT2D eigenvalue weighted by Crippen LogP contribution is 2.34. The summed E-state index contributed by atoms with van der Waals surface area (Å²) in [4.78, 5) is 14.1. The van der Waals surface area contributed by atoms with Crippen LogP contribution >= 0.6 is 11.6 Å². The summed E-state index contributed by atoms with van der Waals surface area (Å²) in [5, 5.41) is 10.7. The van der Waals surface area contributed by atoms with Crippen molar-refractivity contribution < 1.29 is 9.90 Å². The molecule has 0 radical (unpaired) electrons. The molecule has 3 nitrogen and oxygen atoms in total. The summed E-state index contributed by atoms with van der Waals surface area (Å²) in [6.07, 6.45) is 2.04. The number of aliphatic carboxylic acids is 1. The van der Waals surface area contributed by atoms with Crippen LogP contribution in [0.1, 0.15) is 31.7 Å². The van der Waals surface area contributed by atoms with Crippen molar-refractivity contribution in [3.05, 3.63) is 35.0 Å². The lowest BCUT2D eigenvalue weighted by molar-refractivity contribution is -0.137. The number of hydrogen-bond acceptors (Lipinski definition) is 1. The van der Waals surface area contributed by atoms with E-state index in [9.17, 15) is 4.79 Å². The maximum atomic E-state index is 11.0. The zero-order valence-electron chi connectivity index (χ0n) is 10.4. The fourth-order valence-corrected chi connectivity index (χ4v) is 2.49. The van der Waals surface area contributed by atoms with Gasteiger partial charge in [0.05, 0.1) is 6.42 Å². The highest BCUT2D eigenvalue weighted by atomic mass is 35.5. The van der Waals surface area contributed by atoms with E-state index < -0.39 is 5.97 Å². The molecule has 0 spiro atoms. The topological polar surface area (TPSA) is 53.1 Å². The molecule has 18 heavy (non-hydrogen) atoms. The minimum Gasteiger partial charge on any atom is -0.481 e. The summed E-state index contributed by atoms with van der Waals surface area (Å²) in [6.45, 7) is 4.09. The molecule has 0 saturated carbocycles.